The molecule has 1 aromatic heterocycles. The van der Waals surface area contributed by atoms with Crippen LogP contribution in [0.15, 0.2) is 54.7 Å². The van der Waals surface area contributed by atoms with Gasteiger partial charge in [0.1, 0.15) is 0 Å². The average molecular weight is 389 g/mol. The number of anilines is 5. The Balaban J connectivity index is 1.49. The number of aromatic nitrogens is 3. The van der Waals surface area contributed by atoms with Gasteiger partial charge in [-0.25, -0.2) is 0 Å². The Hall–Kier alpha value is -3.15. The van der Waals surface area contributed by atoms with Crippen LogP contribution in [0.3, 0.4) is 0 Å². The monoisotopic (exact) mass is 388 g/mol. The van der Waals surface area contributed by atoms with E-state index >= 15 is 0 Å². The molecule has 0 saturated carbocycles. The van der Waals surface area contributed by atoms with E-state index in [4.69, 9.17) is 0 Å². The van der Waals surface area contributed by atoms with Gasteiger partial charge in [-0.1, -0.05) is 12.1 Å². The third-order valence-electron chi connectivity index (χ3n) is 5.28. The van der Waals surface area contributed by atoms with Crippen molar-refractivity contribution in [3.05, 3.63) is 60.3 Å². The first kappa shape index (κ1) is 19.2. The molecule has 6 heteroatoms. The maximum absolute atomic E-state index is 4.69. The van der Waals surface area contributed by atoms with Crippen LogP contribution in [0.5, 0.6) is 0 Å². The lowest BCUT2D eigenvalue weighted by molar-refractivity contribution is 0.578. The molecule has 1 N–H and O–H groups in total. The summed E-state index contributed by atoms with van der Waals surface area (Å²) in [6.45, 7) is 7.24. The van der Waals surface area contributed by atoms with Gasteiger partial charge in [-0.15, -0.1) is 5.10 Å². The molecule has 4 rings (SSSR count). The van der Waals surface area contributed by atoms with Crippen LogP contribution in [0.4, 0.5) is 28.8 Å². The van der Waals surface area contributed by atoms with E-state index in [9.17, 15) is 0 Å². The van der Waals surface area contributed by atoms with Crippen LogP contribution in [0.1, 0.15) is 31.7 Å². The first-order valence-electron chi connectivity index (χ1n) is 10.4. The highest BCUT2D eigenvalue weighted by molar-refractivity contribution is 5.63. The fourth-order valence-electron chi connectivity index (χ4n) is 3.76. The van der Waals surface area contributed by atoms with Crippen molar-refractivity contribution in [3.63, 3.8) is 0 Å². The van der Waals surface area contributed by atoms with Crippen LogP contribution in [0.2, 0.25) is 0 Å². The molecule has 150 valence electrons. The molecule has 1 saturated heterocycles. The molecule has 3 aromatic rings. The highest BCUT2D eigenvalue weighted by Gasteiger charge is 2.13. The molecule has 29 heavy (non-hydrogen) atoms. The van der Waals surface area contributed by atoms with Gasteiger partial charge in [0, 0.05) is 36.7 Å². The lowest BCUT2D eigenvalue weighted by Crippen LogP contribution is -2.29. The second-order valence-corrected chi connectivity index (χ2v) is 7.44. The van der Waals surface area contributed by atoms with Crippen LogP contribution in [0, 0.1) is 6.92 Å². The molecule has 0 radical (unpaired) electrons. The SMILES string of the molecule is CCN(c1cccc(C)c1)c1nncc(Nc2ccc(N3CCCCC3)cc2)n1. The number of aryl methyl sites for hydroxylation is 1. The summed E-state index contributed by atoms with van der Waals surface area (Å²) >= 11 is 0. The van der Waals surface area contributed by atoms with Crippen molar-refractivity contribution in [2.24, 2.45) is 0 Å². The molecule has 6 nitrogen and oxygen atoms in total. The van der Waals surface area contributed by atoms with Gasteiger partial charge < -0.3 is 15.1 Å². The normalized spacial score (nSPS) is 13.9. The van der Waals surface area contributed by atoms with Crippen LogP contribution in [-0.4, -0.2) is 34.8 Å². The Morgan fingerprint density at radius 3 is 2.55 bits per heavy atom. The molecule has 1 aliphatic rings. The average Bonchev–Trinajstić information content (AvgIpc) is 2.76. The van der Waals surface area contributed by atoms with E-state index in [0.717, 1.165) is 31.0 Å². The molecule has 0 spiro atoms. The number of nitrogens with one attached hydrogen (secondary N) is 1. The summed E-state index contributed by atoms with van der Waals surface area (Å²) in [6, 6.07) is 16.9. The van der Waals surface area contributed by atoms with Gasteiger partial charge in [-0.3, -0.25) is 0 Å². The Morgan fingerprint density at radius 1 is 1.03 bits per heavy atom. The largest absolute Gasteiger partial charge is 0.372 e. The molecule has 2 heterocycles. The van der Waals surface area contributed by atoms with Gasteiger partial charge in [0.25, 0.3) is 5.95 Å². The smallest absolute Gasteiger partial charge is 0.251 e. The Kier molecular flexibility index (Phi) is 5.89. The van der Waals surface area contributed by atoms with E-state index in [1.165, 1.54) is 30.5 Å². The van der Waals surface area contributed by atoms with Crippen molar-refractivity contribution in [3.8, 4) is 0 Å². The zero-order valence-corrected chi connectivity index (χ0v) is 17.2. The fourth-order valence-corrected chi connectivity index (χ4v) is 3.76. The fraction of sp³-hybridized carbons (Fsp3) is 0.348. The number of hydrogen-bond acceptors (Lipinski definition) is 6. The minimum atomic E-state index is 0.591. The zero-order chi connectivity index (χ0) is 20.1. The summed E-state index contributed by atoms with van der Waals surface area (Å²) in [5, 5.41) is 11.8. The molecule has 0 unspecified atom stereocenters. The van der Waals surface area contributed by atoms with Crippen LogP contribution >= 0.6 is 0 Å². The second-order valence-electron chi connectivity index (χ2n) is 7.44. The second kappa shape index (κ2) is 8.90. The van der Waals surface area contributed by atoms with Crippen LogP contribution in [0.25, 0.3) is 0 Å². The van der Waals surface area contributed by atoms with Gasteiger partial charge >= 0.3 is 0 Å². The lowest BCUT2D eigenvalue weighted by atomic mass is 10.1. The van der Waals surface area contributed by atoms with Crippen molar-refractivity contribution in [2.45, 2.75) is 33.1 Å². The van der Waals surface area contributed by atoms with Crippen molar-refractivity contribution in [2.75, 3.05) is 34.8 Å². The molecular formula is C23H28N6. The van der Waals surface area contributed by atoms with E-state index in [2.05, 4.69) is 86.6 Å². The van der Waals surface area contributed by atoms with Crippen molar-refractivity contribution >= 4 is 28.8 Å². The van der Waals surface area contributed by atoms with Crippen molar-refractivity contribution in [1.29, 1.82) is 0 Å². The third-order valence-corrected chi connectivity index (χ3v) is 5.28. The molecule has 0 amide bonds. The number of benzene rings is 2. The van der Waals surface area contributed by atoms with Gasteiger partial charge in [0.2, 0.25) is 0 Å². The summed E-state index contributed by atoms with van der Waals surface area (Å²) in [5.74, 6) is 1.28. The highest BCUT2D eigenvalue weighted by atomic mass is 15.3. The minimum Gasteiger partial charge on any atom is -0.372 e. The molecular weight excluding hydrogens is 360 g/mol. The molecule has 0 atom stereocenters. The predicted molar refractivity (Wildman–Crippen MR) is 119 cm³/mol. The Morgan fingerprint density at radius 2 is 1.83 bits per heavy atom. The standard InChI is InChI=1S/C23H28N6/c1-3-29(21-9-7-8-18(2)16-21)23-26-22(17-24-27-23)25-19-10-12-20(13-11-19)28-14-5-4-6-15-28/h7-13,16-17H,3-6,14-15H2,1-2H3,(H,25,26,27). The van der Waals surface area contributed by atoms with E-state index < -0.39 is 0 Å². The first-order chi connectivity index (χ1) is 14.2. The predicted octanol–water partition coefficient (Wildman–Crippen LogP) is 5.07. The van der Waals surface area contributed by atoms with Crippen LogP contribution < -0.4 is 15.1 Å². The van der Waals surface area contributed by atoms with Gasteiger partial charge in [0.15, 0.2) is 5.82 Å². The topological polar surface area (TPSA) is 57.2 Å². The highest BCUT2D eigenvalue weighted by Crippen LogP contribution is 2.25. The summed E-state index contributed by atoms with van der Waals surface area (Å²) in [5.41, 5.74) is 4.55. The summed E-state index contributed by atoms with van der Waals surface area (Å²) in [6.07, 6.45) is 5.57. The molecule has 0 aliphatic carbocycles. The minimum absolute atomic E-state index is 0.591. The van der Waals surface area contributed by atoms with Crippen LogP contribution in [-0.2, 0) is 0 Å². The van der Waals surface area contributed by atoms with Crippen molar-refractivity contribution in [1.82, 2.24) is 15.2 Å². The van der Waals surface area contributed by atoms with Gasteiger partial charge in [-0.2, -0.15) is 10.1 Å². The third kappa shape index (κ3) is 4.65. The number of piperidine rings is 1. The van der Waals surface area contributed by atoms with Crippen molar-refractivity contribution < 1.29 is 0 Å². The number of hydrogen-bond donors (Lipinski definition) is 1. The summed E-state index contributed by atoms with van der Waals surface area (Å²) in [7, 11) is 0. The maximum atomic E-state index is 4.69. The maximum Gasteiger partial charge on any atom is 0.251 e. The number of rotatable bonds is 6. The quantitative estimate of drug-likeness (QED) is 0.636. The van der Waals surface area contributed by atoms with Gasteiger partial charge in [0.05, 0.1) is 6.20 Å². The Labute approximate surface area is 172 Å². The van der Waals surface area contributed by atoms with E-state index in [0.29, 0.717) is 11.8 Å². The van der Waals surface area contributed by atoms with E-state index in [1.54, 1.807) is 6.20 Å². The Bertz CT molecular complexity index is 934. The van der Waals surface area contributed by atoms with E-state index in [-0.39, 0.29) is 0 Å². The lowest BCUT2D eigenvalue weighted by Gasteiger charge is -2.28. The first-order valence-corrected chi connectivity index (χ1v) is 10.4. The molecule has 0 bridgehead atoms. The molecule has 1 fully saturated rings. The molecule has 1 aliphatic heterocycles. The van der Waals surface area contributed by atoms with Gasteiger partial charge in [-0.05, 0) is 75.1 Å². The number of nitrogens with zero attached hydrogens (tertiary/aromatic N) is 5. The summed E-state index contributed by atoms with van der Waals surface area (Å²) in [4.78, 5) is 9.21. The molecule has 2 aromatic carbocycles. The summed E-state index contributed by atoms with van der Waals surface area (Å²) < 4.78 is 0. The zero-order valence-electron chi connectivity index (χ0n) is 17.2. The van der Waals surface area contributed by atoms with E-state index in [1.807, 2.05) is 6.07 Å².